The van der Waals surface area contributed by atoms with Crippen LogP contribution in [-0.2, 0) is 9.59 Å². The van der Waals surface area contributed by atoms with E-state index in [9.17, 15) is 9.59 Å². The first-order valence-corrected chi connectivity index (χ1v) is 6.81. The van der Waals surface area contributed by atoms with Crippen molar-refractivity contribution in [2.75, 3.05) is 13.1 Å². The maximum atomic E-state index is 12.1. The number of Topliss-reactive ketones (excluding diaryl/α,β-unsaturated/α-hetero) is 1. The molecule has 100 valence electrons. The summed E-state index contributed by atoms with van der Waals surface area (Å²) in [6, 6.07) is 0. The van der Waals surface area contributed by atoms with Gasteiger partial charge in [0, 0.05) is 12.5 Å². The Kier molecular flexibility index (Phi) is 8.73. The maximum Gasteiger partial charge on any atom is 0.225 e. The third-order valence-electron chi connectivity index (χ3n) is 2.88. The molecular weight excluding hydrogens is 214 g/mol. The van der Waals surface area contributed by atoms with Gasteiger partial charge < -0.3 is 4.90 Å². The molecule has 0 bridgehead atoms. The molecule has 0 fully saturated rings. The zero-order chi connectivity index (χ0) is 13.3. The molecule has 0 unspecified atom stereocenters. The predicted octanol–water partition coefficient (Wildman–Crippen LogP) is 3.03. The number of carbonyl (C=O) groups excluding carboxylic acids is 2. The number of hydrogen-bond acceptors (Lipinski definition) is 2. The molecule has 0 aliphatic carbocycles. The summed E-state index contributed by atoms with van der Waals surface area (Å²) >= 11 is 0. The second-order valence-electron chi connectivity index (χ2n) is 4.86. The molecule has 0 N–H and O–H groups in total. The Morgan fingerprint density at radius 1 is 1.12 bits per heavy atom. The van der Waals surface area contributed by atoms with Gasteiger partial charge in [-0.2, -0.15) is 0 Å². The Balaban J connectivity index is 4.22. The van der Waals surface area contributed by atoms with Crippen molar-refractivity contribution in [1.82, 2.24) is 4.90 Å². The van der Waals surface area contributed by atoms with E-state index < -0.39 is 0 Å². The molecule has 1 amide bonds. The van der Waals surface area contributed by atoms with Gasteiger partial charge >= 0.3 is 0 Å². The van der Waals surface area contributed by atoms with Gasteiger partial charge in [0.2, 0.25) is 5.91 Å². The maximum absolute atomic E-state index is 12.1. The summed E-state index contributed by atoms with van der Waals surface area (Å²) < 4.78 is 0. The molecule has 0 aromatic rings. The number of amides is 1. The molecule has 1 atom stereocenters. The molecule has 0 aliphatic heterocycles. The van der Waals surface area contributed by atoms with Crippen molar-refractivity contribution in [2.45, 2.75) is 59.8 Å². The van der Waals surface area contributed by atoms with Crippen LogP contribution in [0.15, 0.2) is 0 Å². The number of unbranched alkanes of at least 4 members (excludes halogenated alkanes) is 2. The highest BCUT2D eigenvalue weighted by molar-refractivity contribution is 5.85. The average Bonchev–Trinajstić information content (AvgIpc) is 2.27. The van der Waals surface area contributed by atoms with E-state index in [2.05, 4.69) is 6.92 Å². The summed E-state index contributed by atoms with van der Waals surface area (Å²) in [6.07, 6.45) is 5.29. The van der Waals surface area contributed by atoms with Crippen LogP contribution in [0.3, 0.4) is 0 Å². The minimum absolute atomic E-state index is 0.0486. The molecular formula is C14H27NO2. The van der Waals surface area contributed by atoms with Gasteiger partial charge in [-0.05, 0) is 19.8 Å². The van der Waals surface area contributed by atoms with E-state index >= 15 is 0 Å². The van der Waals surface area contributed by atoms with E-state index in [4.69, 9.17) is 0 Å². The van der Waals surface area contributed by atoms with Crippen LogP contribution in [-0.4, -0.2) is 29.7 Å². The fourth-order valence-corrected chi connectivity index (χ4v) is 1.94. The Morgan fingerprint density at radius 2 is 1.76 bits per heavy atom. The van der Waals surface area contributed by atoms with E-state index in [1.165, 1.54) is 19.8 Å². The monoisotopic (exact) mass is 241 g/mol. The number of ketones is 1. The third kappa shape index (κ3) is 7.14. The molecule has 0 aromatic carbocycles. The Labute approximate surface area is 106 Å². The molecule has 3 nitrogen and oxygen atoms in total. The zero-order valence-electron chi connectivity index (χ0n) is 11.8. The largest absolute Gasteiger partial charge is 0.335 e. The van der Waals surface area contributed by atoms with Crippen LogP contribution < -0.4 is 0 Å². The van der Waals surface area contributed by atoms with Crippen LogP contribution in [0.25, 0.3) is 0 Å². The van der Waals surface area contributed by atoms with Gasteiger partial charge in [0.05, 0.1) is 6.54 Å². The van der Waals surface area contributed by atoms with Crippen LogP contribution in [0.4, 0.5) is 0 Å². The summed E-state index contributed by atoms with van der Waals surface area (Å²) in [7, 11) is 0. The first-order valence-electron chi connectivity index (χ1n) is 6.81. The van der Waals surface area contributed by atoms with Crippen molar-refractivity contribution in [3.05, 3.63) is 0 Å². The van der Waals surface area contributed by atoms with Gasteiger partial charge in [-0.25, -0.2) is 0 Å². The molecule has 0 radical (unpaired) electrons. The lowest BCUT2D eigenvalue weighted by Gasteiger charge is -2.24. The molecule has 0 aliphatic rings. The summed E-state index contributed by atoms with van der Waals surface area (Å²) in [5, 5.41) is 0. The van der Waals surface area contributed by atoms with Gasteiger partial charge in [-0.3, -0.25) is 9.59 Å². The minimum Gasteiger partial charge on any atom is -0.335 e. The van der Waals surface area contributed by atoms with Gasteiger partial charge in [0.15, 0.2) is 0 Å². The highest BCUT2D eigenvalue weighted by atomic mass is 16.2. The number of rotatable bonds is 9. The highest BCUT2D eigenvalue weighted by Gasteiger charge is 2.20. The number of hydrogen-bond donors (Lipinski definition) is 0. The zero-order valence-corrected chi connectivity index (χ0v) is 11.8. The smallest absolute Gasteiger partial charge is 0.225 e. The van der Waals surface area contributed by atoms with Crippen molar-refractivity contribution in [2.24, 2.45) is 5.92 Å². The van der Waals surface area contributed by atoms with Gasteiger partial charge in [0.1, 0.15) is 5.78 Å². The standard InChI is InChI=1S/C14H27NO2/c1-5-7-8-9-12(3)14(17)15(10-6-2)11-13(4)16/h12H,5-11H2,1-4H3/t12-/m0/s1. The first kappa shape index (κ1) is 16.1. The topological polar surface area (TPSA) is 37.4 Å². The first-order chi connectivity index (χ1) is 8.02. The number of nitrogens with zero attached hydrogens (tertiary/aromatic N) is 1. The van der Waals surface area contributed by atoms with Crippen LogP contribution >= 0.6 is 0 Å². The van der Waals surface area contributed by atoms with E-state index in [-0.39, 0.29) is 24.2 Å². The van der Waals surface area contributed by atoms with E-state index in [1.54, 1.807) is 4.90 Å². The summed E-state index contributed by atoms with van der Waals surface area (Å²) in [5.74, 6) is 0.248. The average molecular weight is 241 g/mol. The molecule has 0 saturated heterocycles. The predicted molar refractivity (Wildman–Crippen MR) is 70.9 cm³/mol. The van der Waals surface area contributed by atoms with Gasteiger partial charge in [-0.15, -0.1) is 0 Å². The molecule has 0 rings (SSSR count). The summed E-state index contributed by atoms with van der Waals surface area (Å²) in [5.41, 5.74) is 0. The molecule has 3 heteroatoms. The lowest BCUT2D eigenvalue weighted by atomic mass is 10.0. The van der Waals surface area contributed by atoms with Crippen LogP contribution in [0, 0.1) is 5.92 Å². The van der Waals surface area contributed by atoms with Gasteiger partial charge in [0.25, 0.3) is 0 Å². The lowest BCUT2D eigenvalue weighted by Crippen LogP contribution is -2.38. The highest BCUT2D eigenvalue weighted by Crippen LogP contribution is 2.13. The number of carbonyl (C=O) groups is 2. The fourth-order valence-electron chi connectivity index (χ4n) is 1.94. The quantitative estimate of drug-likeness (QED) is 0.582. The SMILES string of the molecule is CCCCC[C@H](C)C(=O)N(CCC)CC(C)=O. The van der Waals surface area contributed by atoms with Crippen molar-refractivity contribution >= 4 is 11.7 Å². The molecule has 0 aromatic heterocycles. The van der Waals surface area contributed by atoms with Crippen LogP contribution in [0.2, 0.25) is 0 Å². The van der Waals surface area contributed by atoms with Crippen LogP contribution in [0.5, 0.6) is 0 Å². The van der Waals surface area contributed by atoms with Crippen molar-refractivity contribution in [3.63, 3.8) is 0 Å². The third-order valence-corrected chi connectivity index (χ3v) is 2.88. The van der Waals surface area contributed by atoms with Gasteiger partial charge in [-0.1, -0.05) is 40.0 Å². The second-order valence-corrected chi connectivity index (χ2v) is 4.86. The fraction of sp³-hybridized carbons (Fsp3) is 0.857. The summed E-state index contributed by atoms with van der Waals surface area (Å²) in [6.45, 7) is 8.66. The molecule has 0 saturated carbocycles. The van der Waals surface area contributed by atoms with Crippen molar-refractivity contribution in [3.8, 4) is 0 Å². The second kappa shape index (κ2) is 9.20. The van der Waals surface area contributed by atoms with Crippen LogP contribution in [0.1, 0.15) is 59.8 Å². The van der Waals surface area contributed by atoms with Crippen molar-refractivity contribution in [1.29, 1.82) is 0 Å². The minimum atomic E-state index is 0.0486. The lowest BCUT2D eigenvalue weighted by molar-refractivity contribution is -0.138. The molecule has 0 heterocycles. The van der Waals surface area contributed by atoms with E-state index in [0.717, 1.165) is 19.3 Å². The molecule has 17 heavy (non-hydrogen) atoms. The normalized spacial score (nSPS) is 12.2. The van der Waals surface area contributed by atoms with E-state index in [0.29, 0.717) is 6.54 Å². The Morgan fingerprint density at radius 3 is 2.24 bits per heavy atom. The summed E-state index contributed by atoms with van der Waals surface area (Å²) in [4.78, 5) is 25.0. The molecule has 0 spiro atoms. The van der Waals surface area contributed by atoms with E-state index in [1.807, 2.05) is 13.8 Å². The Bertz CT molecular complexity index is 238. The van der Waals surface area contributed by atoms with Crippen molar-refractivity contribution < 1.29 is 9.59 Å². The Hall–Kier alpha value is -0.860.